The molecule has 0 heterocycles. The first-order chi connectivity index (χ1) is 14.2. The first-order valence-corrected chi connectivity index (χ1v) is 11.2. The number of ether oxygens (including phenoxy) is 2. The van der Waals surface area contributed by atoms with Crippen LogP contribution < -0.4 is 15.4 Å². The van der Waals surface area contributed by atoms with E-state index in [0.29, 0.717) is 25.3 Å². The summed E-state index contributed by atoms with van der Waals surface area (Å²) in [5.41, 5.74) is 1.11. The number of para-hydroxylation sites is 1. The van der Waals surface area contributed by atoms with E-state index >= 15 is 0 Å². The largest absolute Gasteiger partial charge is 0.490 e. The van der Waals surface area contributed by atoms with Gasteiger partial charge in [-0.2, -0.15) is 0 Å². The number of nitrogens with one attached hydrogen (secondary N) is 2. The van der Waals surface area contributed by atoms with Crippen LogP contribution in [0.15, 0.2) is 29.3 Å². The molecule has 2 N–H and O–H groups in total. The highest BCUT2D eigenvalue weighted by molar-refractivity contribution is 14.0. The molecule has 0 spiro atoms. The second kappa shape index (κ2) is 13.0. The third kappa shape index (κ3) is 7.32. The minimum Gasteiger partial charge on any atom is -0.490 e. The topological polar surface area (TPSA) is 72.0 Å². The lowest BCUT2D eigenvalue weighted by atomic mass is 9.86. The molecule has 1 aromatic carbocycles. The van der Waals surface area contributed by atoms with Gasteiger partial charge in [0.1, 0.15) is 5.75 Å². The smallest absolute Gasteiger partial charge is 0.308 e. The lowest BCUT2D eigenvalue weighted by molar-refractivity contribution is -0.149. The predicted molar refractivity (Wildman–Crippen MR) is 130 cm³/mol. The van der Waals surface area contributed by atoms with E-state index in [-0.39, 0.29) is 35.9 Å². The summed E-state index contributed by atoms with van der Waals surface area (Å²) < 4.78 is 11.3. The monoisotopic (exact) mass is 529 g/mol. The number of nitrogens with zero attached hydrogens (tertiary/aromatic N) is 1. The molecule has 0 unspecified atom stereocenters. The molecule has 2 aliphatic rings. The summed E-state index contributed by atoms with van der Waals surface area (Å²) in [7, 11) is 0. The van der Waals surface area contributed by atoms with Crippen LogP contribution in [-0.4, -0.2) is 37.2 Å². The van der Waals surface area contributed by atoms with Crippen molar-refractivity contribution in [3.63, 3.8) is 0 Å². The van der Waals surface area contributed by atoms with Gasteiger partial charge in [0.05, 0.1) is 25.2 Å². The molecule has 7 heteroatoms. The van der Waals surface area contributed by atoms with E-state index in [9.17, 15) is 4.79 Å². The van der Waals surface area contributed by atoms with Gasteiger partial charge in [-0.25, -0.2) is 4.99 Å². The molecule has 0 radical (unpaired) electrons. The van der Waals surface area contributed by atoms with Crippen molar-refractivity contribution < 1.29 is 14.3 Å². The predicted octanol–water partition coefficient (Wildman–Crippen LogP) is 4.41. The van der Waals surface area contributed by atoms with Crippen molar-refractivity contribution in [3.05, 3.63) is 29.8 Å². The molecule has 0 aromatic heterocycles. The van der Waals surface area contributed by atoms with E-state index < -0.39 is 0 Å². The molecule has 2 fully saturated rings. The lowest BCUT2D eigenvalue weighted by Crippen LogP contribution is -2.45. The molecule has 0 saturated heterocycles. The van der Waals surface area contributed by atoms with Gasteiger partial charge in [-0.15, -0.1) is 24.0 Å². The van der Waals surface area contributed by atoms with Gasteiger partial charge in [0, 0.05) is 18.2 Å². The Morgan fingerprint density at radius 3 is 2.47 bits per heavy atom. The van der Waals surface area contributed by atoms with Crippen LogP contribution in [0.3, 0.4) is 0 Å². The van der Waals surface area contributed by atoms with Crippen molar-refractivity contribution in [3.8, 4) is 5.75 Å². The van der Waals surface area contributed by atoms with E-state index in [1.54, 1.807) is 0 Å². The third-order valence-corrected chi connectivity index (χ3v) is 5.76. The zero-order chi connectivity index (χ0) is 20.5. The number of hydrogen-bond acceptors (Lipinski definition) is 4. The summed E-state index contributed by atoms with van der Waals surface area (Å²) in [5, 5.41) is 6.89. The quantitative estimate of drug-likeness (QED) is 0.226. The second-order valence-corrected chi connectivity index (χ2v) is 7.92. The number of halogens is 1. The fourth-order valence-electron chi connectivity index (χ4n) is 3.83. The van der Waals surface area contributed by atoms with Gasteiger partial charge >= 0.3 is 5.97 Å². The SMILES string of the molecule is CCNC(=NCc1ccccc1OC1CCC1)NC1CCC(C(=O)OCC)CC1.I. The molecule has 2 saturated carbocycles. The Kier molecular flexibility index (Phi) is 10.7. The Hall–Kier alpha value is -1.51. The Bertz CT molecular complexity index is 686. The molecule has 30 heavy (non-hydrogen) atoms. The third-order valence-electron chi connectivity index (χ3n) is 5.76. The molecular formula is C23H36IN3O3. The summed E-state index contributed by atoms with van der Waals surface area (Å²) in [4.78, 5) is 16.7. The van der Waals surface area contributed by atoms with E-state index in [2.05, 4.69) is 23.6 Å². The maximum absolute atomic E-state index is 11.9. The van der Waals surface area contributed by atoms with Crippen LogP contribution >= 0.6 is 24.0 Å². The Morgan fingerprint density at radius 2 is 1.83 bits per heavy atom. The maximum atomic E-state index is 11.9. The van der Waals surface area contributed by atoms with E-state index in [4.69, 9.17) is 14.5 Å². The minimum atomic E-state index is -0.0467. The number of rotatable bonds is 8. The zero-order valence-corrected chi connectivity index (χ0v) is 20.5. The lowest BCUT2D eigenvalue weighted by Gasteiger charge is -2.29. The first kappa shape index (κ1) is 24.8. The van der Waals surface area contributed by atoms with Crippen LogP contribution in [0.2, 0.25) is 0 Å². The van der Waals surface area contributed by atoms with Crippen LogP contribution in [0, 0.1) is 5.92 Å². The van der Waals surface area contributed by atoms with Gasteiger partial charge in [-0.1, -0.05) is 18.2 Å². The minimum absolute atomic E-state index is 0. The molecule has 0 atom stereocenters. The highest BCUT2D eigenvalue weighted by atomic mass is 127. The molecule has 0 bridgehead atoms. The van der Waals surface area contributed by atoms with Crippen molar-refractivity contribution in [2.45, 2.75) is 77.5 Å². The Labute approximate surface area is 197 Å². The van der Waals surface area contributed by atoms with Gasteiger partial charge in [-0.3, -0.25) is 4.79 Å². The average Bonchev–Trinajstić information content (AvgIpc) is 2.70. The van der Waals surface area contributed by atoms with Crippen molar-refractivity contribution in [2.24, 2.45) is 10.9 Å². The molecule has 2 aliphatic carbocycles. The molecular weight excluding hydrogens is 493 g/mol. The average molecular weight is 529 g/mol. The number of hydrogen-bond donors (Lipinski definition) is 2. The molecule has 1 aromatic rings. The standard InChI is InChI=1S/C23H35N3O3.HI/c1-3-24-23(26-19-14-12-17(13-15-19)22(27)28-4-2)25-16-18-8-5-6-11-21(18)29-20-9-7-10-20;/h5-6,8,11,17,19-20H,3-4,7,9-10,12-16H2,1-2H3,(H2,24,25,26);1H. The van der Waals surface area contributed by atoms with Crippen molar-refractivity contribution >= 4 is 35.9 Å². The number of benzene rings is 1. The maximum Gasteiger partial charge on any atom is 0.308 e. The number of guanidine groups is 1. The van der Waals surface area contributed by atoms with Crippen LogP contribution in [0.1, 0.15) is 64.4 Å². The van der Waals surface area contributed by atoms with Gasteiger partial charge in [0.15, 0.2) is 5.96 Å². The molecule has 0 aliphatic heterocycles. The van der Waals surface area contributed by atoms with Crippen molar-refractivity contribution in [1.82, 2.24) is 10.6 Å². The van der Waals surface area contributed by atoms with E-state index in [1.807, 2.05) is 25.1 Å². The summed E-state index contributed by atoms with van der Waals surface area (Å²) in [6.45, 7) is 5.78. The Balaban J connectivity index is 0.00000320. The van der Waals surface area contributed by atoms with E-state index in [0.717, 1.165) is 62.3 Å². The van der Waals surface area contributed by atoms with Gasteiger partial charge < -0.3 is 20.1 Å². The fourth-order valence-corrected chi connectivity index (χ4v) is 3.83. The number of carbonyl (C=O) groups excluding carboxylic acids is 1. The molecule has 3 rings (SSSR count). The van der Waals surface area contributed by atoms with Crippen LogP contribution in [0.4, 0.5) is 0 Å². The first-order valence-electron chi connectivity index (χ1n) is 11.2. The normalized spacial score (nSPS) is 21.7. The highest BCUT2D eigenvalue weighted by Gasteiger charge is 2.27. The summed E-state index contributed by atoms with van der Waals surface area (Å²) >= 11 is 0. The van der Waals surface area contributed by atoms with Crippen LogP contribution in [0.5, 0.6) is 5.75 Å². The summed E-state index contributed by atoms with van der Waals surface area (Å²) in [6.07, 6.45) is 7.57. The van der Waals surface area contributed by atoms with Crippen LogP contribution in [-0.2, 0) is 16.1 Å². The number of carbonyl (C=O) groups is 1. The number of esters is 1. The van der Waals surface area contributed by atoms with E-state index in [1.165, 1.54) is 6.42 Å². The van der Waals surface area contributed by atoms with Gasteiger partial charge in [0.25, 0.3) is 0 Å². The Morgan fingerprint density at radius 1 is 1.10 bits per heavy atom. The number of aliphatic imine (C=N–C) groups is 1. The second-order valence-electron chi connectivity index (χ2n) is 7.92. The molecule has 6 nitrogen and oxygen atoms in total. The van der Waals surface area contributed by atoms with Gasteiger partial charge in [0.2, 0.25) is 0 Å². The summed E-state index contributed by atoms with van der Waals surface area (Å²) in [6, 6.07) is 8.52. The molecule has 168 valence electrons. The van der Waals surface area contributed by atoms with Crippen LogP contribution in [0.25, 0.3) is 0 Å². The highest BCUT2D eigenvalue weighted by Crippen LogP contribution is 2.28. The zero-order valence-electron chi connectivity index (χ0n) is 18.2. The molecule has 0 amide bonds. The van der Waals surface area contributed by atoms with Crippen molar-refractivity contribution in [2.75, 3.05) is 13.2 Å². The van der Waals surface area contributed by atoms with Gasteiger partial charge in [-0.05, 0) is 64.9 Å². The summed E-state index contributed by atoms with van der Waals surface area (Å²) in [5.74, 6) is 1.77. The van der Waals surface area contributed by atoms with Crippen molar-refractivity contribution in [1.29, 1.82) is 0 Å². The fraction of sp³-hybridized carbons (Fsp3) is 0.652.